The molecule has 0 spiro atoms. The Hall–Kier alpha value is -4.34. The number of hydrogen-bond acceptors (Lipinski definition) is 8. The van der Waals surface area contributed by atoms with Gasteiger partial charge in [0.2, 0.25) is 5.84 Å². The number of halogens is 1. The molecule has 0 N–H and O–H groups in total. The summed E-state index contributed by atoms with van der Waals surface area (Å²) in [5.41, 5.74) is 1.66. The summed E-state index contributed by atoms with van der Waals surface area (Å²) in [6.45, 7) is 4.19. The van der Waals surface area contributed by atoms with E-state index in [4.69, 9.17) is 19.0 Å². The van der Waals surface area contributed by atoms with Crippen molar-refractivity contribution in [3.05, 3.63) is 82.9 Å². The van der Waals surface area contributed by atoms with Gasteiger partial charge in [0.05, 0.1) is 38.5 Å². The number of carbonyl (C=O) groups is 1. The van der Waals surface area contributed by atoms with E-state index < -0.39 is 17.5 Å². The molecular weight excluding hydrogens is 467 g/mol. The van der Waals surface area contributed by atoms with E-state index in [1.54, 1.807) is 37.4 Å². The van der Waals surface area contributed by atoms with E-state index in [2.05, 4.69) is 10.1 Å². The number of benzene rings is 2. The minimum Gasteiger partial charge on any atom is -0.495 e. The molecule has 9 nitrogen and oxygen atoms in total. The van der Waals surface area contributed by atoms with Crippen LogP contribution in [0.25, 0.3) is 11.8 Å². The number of fused-ring (bicyclic) bond motifs is 1. The summed E-state index contributed by atoms with van der Waals surface area (Å²) in [5.74, 6) is 0.136. The first kappa shape index (κ1) is 23.4. The largest absolute Gasteiger partial charge is 0.495 e. The molecule has 2 aliphatic rings. The Balaban J connectivity index is 1.52. The molecule has 0 saturated carbocycles. The van der Waals surface area contributed by atoms with Gasteiger partial charge in [-0.15, -0.1) is 0 Å². The SMILES string of the molecule is COC(=O)C1(c2cc(C)cc(F)c2)ON=C2/C(=C/c3ccc(-n4cnc(C)c4)c(OC)c3)OCCN21. The molecule has 0 aliphatic carbocycles. The second kappa shape index (κ2) is 9.03. The van der Waals surface area contributed by atoms with E-state index in [1.165, 1.54) is 19.2 Å². The molecule has 1 fully saturated rings. The zero-order valence-electron chi connectivity index (χ0n) is 20.3. The summed E-state index contributed by atoms with van der Waals surface area (Å²) >= 11 is 0. The van der Waals surface area contributed by atoms with Gasteiger partial charge in [0.1, 0.15) is 18.2 Å². The quantitative estimate of drug-likeness (QED) is 0.502. The minimum absolute atomic E-state index is 0.255. The first-order valence-corrected chi connectivity index (χ1v) is 11.3. The molecule has 1 aromatic heterocycles. The Labute approximate surface area is 207 Å². The number of ether oxygens (including phenoxy) is 3. The van der Waals surface area contributed by atoms with Crippen molar-refractivity contribution in [2.75, 3.05) is 27.4 Å². The highest BCUT2D eigenvalue weighted by Gasteiger charge is 2.57. The maximum Gasteiger partial charge on any atom is 0.380 e. The Morgan fingerprint density at radius 2 is 2.03 bits per heavy atom. The van der Waals surface area contributed by atoms with Crippen molar-refractivity contribution in [2.45, 2.75) is 19.6 Å². The predicted octanol–water partition coefficient (Wildman–Crippen LogP) is 3.68. The van der Waals surface area contributed by atoms with Gasteiger partial charge in [-0.05, 0) is 61.4 Å². The van der Waals surface area contributed by atoms with Crippen LogP contribution in [-0.2, 0) is 24.8 Å². The van der Waals surface area contributed by atoms with Crippen LogP contribution in [0.1, 0.15) is 22.4 Å². The van der Waals surface area contributed by atoms with Gasteiger partial charge in [-0.25, -0.2) is 14.2 Å². The third kappa shape index (κ3) is 3.84. The lowest BCUT2D eigenvalue weighted by Crippen LogP contribution is -2.55. The van der Waals surface area contributed by atoms with Crippen molar-refractivity contribution in [2.24, 2.45) is 5.16 Å². The number of imidazole rings is 1. The fourth-order valence-corrected chi connectivity index (χ4v) is 4.46. The van der Waals surface area contributed by atoms with E-state index in [0.29, 0.717) is 22.9 Å². The molecule has 36 heavy (non-hydrogen) atoms. The summed E-state index contributed by atoms with van der Waals surface area (Å²) in [7, 11) is 2.85. The van der Waals surface area contributed by atoms with Crippen molar-refractivity contribution in [3.8, 4) is 11.4 Å². The van der Waals surface area contributed by atoms with E-state index in [-0.39, 0.29) is 18.7 Å². The van der Waals surface area contributed by atoms with Gasteiger partial charge in [-0.2, -0.15) is 0 Å². The third-order valence-electron chi connectivity index (χ3n) is 6.08. The molecule has 10 heteroatoms. The molecule has 2 aromatic carbocycles. The van der Waals surface area contributed by atoms with Gasteiger partial charge >= 0.3 is 11.7 Å². The van der Waals surface area contributed by atoms with Gasteiger partial charge in [-0.3, -0.25) is 4.90 Å². The van der Waals surface area contributed by atoms with E-state index in [9.17, 15) is 9.18 Å². The van der Waals surface area contributed by atoms with Crippen LogP contribution in [0.4, 0.5) is 4.39 Å². The topological polar surface area (TPSA) is 87.4 Å². The van der Waals surface area contributed by atoms with Crippen LogP contribution in [0, 0.1) is 19.7 Å². The number of aryl methyl sites for hydroxylation is 2. The standard InChI is InChI=1S/C26H25FN4O5/c1-16-9-19(13-20(27)10-16)26(25(32)34-4)31-7-8-35-23(24(31)29-36-26)12-18-5-6-21(22(11-18)33-3)30-14-17(2)28-15-30/h5-6,9-15H,7-8H2,1-4H3/b23-12-. The molecule has 3 heterocycles. The van der Waals surface area contributed by atoms with Crippen molar-refractivity contribution < 1.29 is 28.2 Å². The van der Waals surface area contributed by atoms with Crippen molar-refractivity contribution in [3.63, 3.8) is 0 Å². The molecule has 1 saturated heterocycles. The summed E-state index contributed by atoms with van der Waals surface area (Å²) in [6.07, 6.45) is 5.41. The molecule has 1 unspecified atom stereocenters. The molecule has 1 atom stereocenters. The molecule has 0 bridgehead atoms. The fourth-order valence-electron chi connectivity index (χ4n) is 4.46. The lowest BCUT2D eigenvalue weighted by Gasteiger charge is -2.37. The number of esters is 1. The summed E-state index contributed by atoms with van der Waals surface area (Å²) in [4.78, 5) is 24.7. The number of aromatic nitrogens is 2. The van der Waals surface area contributed by atoms with Crippen LogP contribution in [-0.4, -0.2) is 53.6 Å². The molecule has 5 rings (SSSR count). The summed E-state index contributed by atoms with van der Waals surface area (Å²) in [6, 6.07) is 9.98. The van der Waals surface area contributed by atoms with Crippen LogP contribution in [0.3, 0.4) is 0 Å². The van der Waals surface area contributed by atoms with Crippen LogP contribution in [0.15, 0.2) is 59.8 Å². The van der Waals surface area contributed by atoms with E-state index in [0.717, 1.165) is 16.9 Å². The number of methoxy groups -OCH3 is 2. The Morgan fingerprint density at radius 1 is 1.19 bits per heavy atom. The second-order valence-electron chi connectivity index (χ2n) is 8.52. The van der Waals surface area contributed by atoms with Crippen LogP contribution in [0.2, 0.25) is 0 Å². The van der Waals surface area contributed by atoms with Crippen LogP contribution >= 0.6 is 0 Å². The number of oxime groups is 1. The number of nitrogens with zero attached hydrogens (tertiary/aromatic N) is 4. The minimum atomic E-state index is -1.76. The van der Waals surface area contributed by atoms with Crippen LogP contribution < -0.4 is 4.74 Å². The Kier molecular flexibility index (Phi) is 5.87. The highest BCUT2D eigenvalue weighted by atomic mass is 19.1. The molecular formula is C26H25FN4O5. The first-order chi connectivity index (χ1) is 17.3. The van der Waals surface area contributed by atoms with Crippen molar-refractivity contribution in [1.29, 1.82) is 0 Å². The molecule has 0 radical (unpaired) electrons. The number of morpholine rings is 1. The normalized spacial score (nSPS) is 19.9. The molecule has 0 amide bonds. The van der Waals surface area contributed by atoms with Crippen LogP contribution in [0.5, 0.6) is 5.75 Å². The van der Waals surface area contributed by atoms with Gasteiger partial charge in [0.25, 0.3) is 0 Å². The lowest BCUT2D eigenvalue weighted by molar-refractivity contribution is -0.187. The zero-order valence-corrected chi connectivity index (χ0v) is 20.3. The molecule has 2 aliphatic heterocycles. The Bertz CT molecular complexity index is 1380. The lowest BCUT2D eigenvalue weighted by atomic mass is 9.97. The van der Waals surface area contributed by atoms with Gasteiger partial charge in [0.15, 0.2) is 5.76 Å². The number of hydrogen-bond donors (Lipinski definition) is 0. The van der Waals surface area contributed by atoms with Gasteiger partial charge in [0, 0.05) is 11.8 Å². The maximum atomic E-state index is 14.3. The smallest absolute Gasteiger partial charge is 0.380 e. The van der Waals surface area contributed by atoms with Crippen molar-refractivity contribution >= 4 is 17.9 Å². The van der Waals surface area contributed by atoms with Gasteiger partial charge < -0.3 is 23.6 Å². The molecule has 186 valence electrons. The first-order valence-electron chi connectivity index (χ1n) is 11.3. The summed E-state index contributed by atoms with van der Waals surface area (Å²) in [5, 5.41) is 4.19. The summed E-state index contributed by atoms with van der Waals surface area (Å²) < 4.78 is 32.8. The van der Waals surface area contributed by atoms with Crippen molar-refractivity contribution in [1.82, 2.24) is 14.5 Å². The highest BCUT2D eigenvalue weighted by Crippen LogP contribution is 2.40. The Morgan fingerprint density at radius 3 is 2.72 bits per heavy atom. The highest BCUT2D eigenvalue weighted by molar-refractivity contribution is 6.04. The fraction of sp³-hybridized carbons (Fsp3) is 0.269. The number of carbonyl (C=O) groups excluding carboxylic acids is 1. The maximum absolute atomic E-state index is 14.3. The molecule has 3 aromatic rings. The predicted molar refractivity (Wildman–Crippen MR) is 129 cm³/mol. The third-order valence-corrected chi connectivity index (χ3v) is 6.08. The average Bonchev–Trinajstić information content (AvgIpc) is 3.48. The second-order valence-corrected chi connectivity index (χ2v) is 8.52. The van der Waals surface area contributed by atoms with E-state index in [1.807, 2.05) is 35.9 Å². The zero-order chi connectivity index (χ0) is 25.4. The number of rotatable bonds is 5. The number of amidine groups is 1. The average molecular weight is 493 g/mol. The monoisotopic (exact) mass is 492 g/mol. The van der Waals surface area contributed by atoms with Gasteiger partial charge in [-0.1, -0.05) is 11.2 Å². The van der Waals surface area contributed by atoms with E-state index >= 15 is 0 Å².